The molecule has 30 heavy (non-hydrogen) atoms. The molecule has 0 aliphatic carbocycles. The first kappa shape index (κ1) is 22.9. The number of hydrogen-bond donors (Lipinski definition) is 2. The first-order valence-corrected chi connectivity index (χ1v) is 9.82. The number of rotatable bonds is 9. The summed E-state index contributed by atoms with van der Waals surface area (Å²) in [5.74, 6) is -1.78. The molecule has 1 aliphatic heterocycles. The predicted octanol–water partition coefficient (Wildman–Crippen LogP) is 1.27. The topological polar surface area (TPSA) is 128 Å². The van der Waals surface area contributed by atoms with Crippen molar-refractivity contribution in [3.05, 3.63) is 48.0 Å². The fraction of sp³-hybridized carbons (Fsp3) is 0.429. The van der Waals surface area contributed by atoms with E-state index in [1.807, 2.05) is 30.3 Å². The predicted molar refractivity (Wildman–Crippen MR) is 108 cm³/mol. The lowest BCUT2D eigenvalue weighted by molar-refractivity contribution is -0.137. The molecule has 1 aromatic rings. The minimum Gasteiger partial charge on any atom is -0.463 e. The molecule has 2 atom stereocenters. The van der Waals surface area contributed by atoms with Crippen LogP contribution in [0.15, 0.2) is 42.5 Å². The number of carbonyl (C=O) groups excluding carboxylic acids is 4. The molecule has 0 saturated carbocycles. The van der Waals surface area contributed by atoms with Crippen LogP contribution in [0.2, 0.25) is 0 Å². The summed E-state index contributed by atoms with van der Waals surface area (Å²) in [7, 11) is 0. The molecular weight excluding hydrogens is 390 g/mol. The lowest BCUT2D eigenvalue weighted by Gasteiger charge is -2.25. The number of likely N-dealkylation sites (tertiary alicyclic amines) is 1. The van der Waals surface area contributed by atoms with E-state index in [-0.39, 0.29) is 19.6 Å². The van der Waals surface area contributed by atoms with Crippen LogP contribution >= 0.6 is 0 Å². The summed E-state index contributed by atoms with van der Waals surface area (Å²) < 4.78 is 10.1. The Bertz CT molecular complexity index is 780. The molecule has 0 bridgehead atoms. The van der Waals surface area contributed by atoms with Crippen LogP contribution < -0.4 is 11.1 Å². The van der Waals surface area contributed by atoms with Gasteiger partial charge >= 0.3 is 12.1 Å². The summed E-state index contributed by atoms with van der Waals surface area (Å²) in [5.41, 5.74) is 6.20. The van der Waals surface area contributed by atoms with Gasteiger partial charge in [-0.2, -0.15) is 0 Å². The zero-order valence-corrected chi connectivity index (χ0v) is 16.9. The summed E-state index contributed by atoms with van der Waals surface area (Å²) in [6.45, 7) is 2.40. The molecule has 9 nitrogen and oxygen atoms in total. The summed E-state index contributed by atoms with van der Waals surface area (Å²) in [6, 6.07) is 7.47. The Morgan fingerprint density at radius 1 is 1.23 bits per heavy atom. The lowest BCUT2D eigenvalue weighted by Crippen LogP contribution is -2.52. The van der Waals surface area contributed by atoms with Gasteiger partial charge in [0.2, 0.25) is 11.8 Å². The number of esters is 1. The lowest BCUT2D eigenvalue weighted by atomic mass is 10.1. The number of nitrogens with zero attached hydrogens (tertiary/aromatic N) is 1. The Morgan fingerprint density at radius 2 is 1.97 bits per heavy atom. The van der Waals surface area contributed by atoms with Crippen LogP contribution in [0.4, 0.5) is 4.79 Å². The fourth-order valence-corrected chi connectivity index (χ4v) is 3.06. The Balaban J connectivity index is 1.91. The number of hydrogen-bond acceptors (Lipinski definition) is 6. The number of nitrogens with one attached hydrogen (secondary N) is 1. The summed E-state index contributed by atoms with van der Waals surface area (Å²) in [6.07, 6.45) is 3.13. The monoisotopic (exact) mass is 417 g/mol. The molecular formula is C21H27N3O6. The zero-order chi connectivity index (χ0) is 21.9. The van der Waals surface area contributed by atoms with Crippen molar-refractivity contribution in [2.75, 3.05) is 13.2 Å². The SMILES string of the molecule is CCOC(=O)/C=C/C[C@@H](NC(=O)[C@H]1CCCN1C(=O)OCc1ccccc1)C(N)=O. The van der Waals surface area contributed by atoms with Crippen molar-refractivity contribution >= 4 is 23.9 Å². The second-order valence-corrected chi connectivity index (χ2v) is 6.75. The van der Waals surface area contributed by atoms with Crippen molar-refractivity contribution in [3.8, 4) is 0 Å². The normalized spacial score (nSPS) is 16.8. The molecule has 1 saturated heterocycles. The van der Waals surface area contributed by atoms with Gasteiger partial charge in [-0.1, -0.05) is 36.4 Å². The first-order valence-electron chi connectivity index (χ1n) is 9.82. The quantitative estimate of drug-likeness (QED) is 0.460. The maximum atomic E-state index is 12.7. The average Bonchev–Trinajstić information content (AvgIpc) is 3.22. The van der Waals surface area contributed by atoms with Gasteiger partial charge in [-0.15, -0.1) is 0 Å². The van der Waals surface area contributed by atoms with E-state index in [9.17, 15) is 19.2 Å². The number of ether oxygens (including phenoxy) is 2. The summed E-state index contributed by atoms with van der Waals surface area (Å²) >= 11 is 0. The smallest absolute Gasteiger partial charge is 0.410 e. The maximum Gasteiger partial charge on any atom is 0.410 e. The molecule has 0 spiro atoms. The molecule has 1 fully saturated rings. The van der Waals surface area contributed by atoms with Crippen LogP contribution in [-0.2, 0) is 30.5 Å². The zero-order valence-electron chi connectivity index (χ0n) is 16.9. The second-order valence-electron chi connectivity index (χ2n) is 6.75. The van der Waals surface area contributed by atoms with Crippen LogP contribution in [0.5, 0.6) is 0 Å². The number of primary amides is 1. The maximum absolute atomic E-state index is 12.7. The third kappa shape index (κ3) is 6.91. The van der Waals surface area contributed by atoms with E-state index in [0.29, 0.717) is 19.4 Å². The Morgan fingerprint density at radius 3 is 2.63 bits per heavy atom. The third-order valence-electron chi connectivity index (χ3n) is 4.57. The molecule has 0 unspecified atom stereocenters. The molecule has 1 heterocycles. The Kier molecular flexibility index (Phi) is 8.86. The number of nitrogens with two attached hydrogens (primary N) is 1. The number of amides is 3. The van der Waals surface area contributed by atoms with E-state index in [0.717, 1.165) is 5.56 Å². The van der Waals surface area contributed by atoms with Gasteiger partial charge in [0, 0.05) is 12.6 Å². The standard InChI is InChI=1S/C21H27N3O6/c1-2-29-18(25)12-6-10-16(19(22)26)23-20(27)17-11-7-13-24(17)21(28)30-14-15-8-4-3-5-9-15/h3-6,8-9,12,16-17H,2,7,10-11,13-14H2,1H3,(H2,22,26)(H,23,27)/b12-6+/t16-,17-/m1/s1. The van der Waals surface area contributed by atoms with Crippen molar-refractivity contribution in [1.82, 2.24) is 10.2 Å². The van der Waals surface area contributed by atoms with Gasteiger partial charge < -0.3 is 20.5 Å². The Hall–Kier alpha value is -3.36. The van der Waals surface area contributed by atoms with Gasteiger partial charge in [-0.3, -0.25) is 14.5 Å². The molecule has 0 aromatic heterocycles. The highest BCUT2D eigenvalue weighted by Gasteiger charge is 2.36. The van der Waals surface area contributed by atoms with Gasteiger partial charge in [-0.05, 0) is 31.7 Å². The highest BCUT2D eigenvalue weighted by Crippen LogP contribution is 2.19. The van der Waals surface area contributed by atoms with Crippen LogP contribution in [0.3, 0.4) is 0 Å². The average molecular weight is 417 g/mol. The van der Waals surface area contributed by atoms with E-state index in [1.54, 1.807) is 6.92 Å². The van der Waals surface area contributed by atoms with Gasteiger partial charge in [0.1, 0.15) is 18.7 Å². The minimum absolute atomic E-state index is 0.0328. The molecule has 0 radical (unpaired) electrons. The number of carbonyl (C=O) groups is 4. The van der Waals surface area contributed by atoms with Crippen molar-refractivity contribution in [2.24, 2.45) is 5.73 Å². The molecule has 9 heteroatoms. The second kappa shape index (κ2) is 11.6. The van der Waals surface area contributed by atoms with Crippen LogP contribution in [-0.4, -0.2) is 54.0 Å². The van der Waals surface area contributed by atoms with Crippen molar-refractivity contribution in [2.45, 2.75) is 44.9 Å². The fourth-order valence-electron chi connectivity index (χ4n) is 3.06. The van der Waals surface area contributed by atoms with Crippen LogP contribution in [0.25, 0.3) is 0 Å². The summed E-state index contributed by atoms with van der Waals surface area (Å²) in [4.78, 5) is 49.5. The van der Waals surface area contributed by atoms with E-state index < -0.39 is 36.0 Å². The van der Waals surface area contributed by atoms with E-state index in [2.05, 4.69) is 5.32 Å². The van der Waals surface area contributed by atoms with Gasteiger partial charge in [0.25, 0.3) is 0 Å². The molecule has 1 aromatic carbocycles. The highest BCUT2D eigenvalue weighted by molar-refractivity contribution is 5.91. The van der Waals surface area contributed by atoms with Gasteiger partial charge in [0.05, 0.1) is 6.61 Å². The molecule has 3 amide bonds. The van der Waals surface area contributed by atoms with E-state index in [1.165, 1.54) is 17.1 Å². The van der Waals surface area contributed by atoms with Gasteiger partial charge in [0.15, 0.2) is 0 Å². The van der Waals surface area contributed by atoms with Crippen molar-refractivity contribution in [3.63, 3.8) is 0 Å². The molecule has 2 rings (SSSR count). The van der Waals surface area contributed by atoms with Crippen LogP contribution in [0, 0.1) is 0 Å². The van der Waals surface area contributed by atoms with Crippen molar-refractivity contribution in [1.29, 1.82) is 0 Å². The number of benzene rings is 1. The third-order valence-corrected chi connectivity index (χ3v) is 4.57. The van der Waals surface area contributed by atoms with Crippen molar-refractivity contribution < 1.29 is 28.7 Å². The minimum atomic E-state index is -1.01. The van der Waals surface area contributed by atoms with Gasteiger partial charge in [-0.25, -0.2) is 9.59 Å². The molecule has 3 N–H and O–H groups in total. The largest absolute Gasteiger partial charge is 0.463 e. The molecule has 1 aliphatic rings. The molecule has 162 valence electrons. The van der Waals surface area contributed by atoms with E-state index in [4.69, 9.17) is 15.2 Å². The first-order chi connectivity index (χ1) is 14.4. The van der Waals surface area contributed by atoms with Crippen LogP contribution in [0.1, 0.15) is 31.7 Å². The summed E-state index contributed by atoms with van der Waals surface area (Å²) in [5, 5.41) is 2.56. The highest BCUT2D eigenvalue weighted by atomic mass is 16.6. The Labute approximate surface area is 175 Å². The van der Waals surface area contributed by atoms with E-state index >= 15 is 0 Å².